The van der Waals surface area contributed by atoms with Crippen molar-refractivity contribution in [3.8, 4) is 0 Å². The molecule has 0 unspecified atom stereocenters. The summed E-state index contributed by atoms with van der Waals surface area (Å²) in [5.74, 6) is -0.462. The first-order chi connectivity index (χ1) is 12.1. The fourth-order valence-corrected chi connectivity index (χ4v) is 2.66. The molecular formula is C19H30N2O4. The monoisotopic (exact) mass is 350 g/mol. The van der Waals surface area contributed by atoms with E-state index in [1.165, 1.54) is 56.7 Å². The third kappa shape index (κ3) is 8.01. The number of nitro groups is 1. The summed E-state index contributed by atoms with van der Waals surface area (Å²) in [6.07, 6.45) is 9.71. The fourth-order valence-electron chi connectivity index (χ4n) is 2.66. The van der Waals surface area contributed by atoms with Gasteiger partial charge in [-0.25, -0.2) is 4.79 Å². The van der Waals surface area contributed by atoms with E-state index in [-0.39, 0.29) is 12.3 Å². The van der Waals surface area contributed by atoms with Crippen LogP contribution in [0.15, 0.2) is 18.2 Å². The van der Waals surface area contributed by atoms with Gasteiger partial charge < -0.3 is 10.1 Å². The van der Waals surface area contributed by atoms with Crippen molar-refractivity contribution in [1.29, 1.82) is 0 Å². The minimum Gasteiger partial charge on any atom is -0.462 e. The van der Waals surface area contributed by atoms with Gasteiger partial charge in [-0.3, -0.25) is 10.1 Å². The van der Waals surface area contributed by atoms with Gasteiger partial charge in [-0.05, 0) is 19.4 Å². The van der Waals surface area contributed by atoms with Crippen LogP contribution < -0.4 is 5.32 Å². The lowest BCUT2D eigenvalue weighted by molar-refractivity contribution is -0.384. The van der Waals surface area contributed by atoms with E-state index in [9.17, 15) is 14.9 Å². The molecule has 140 valence electrons. The van der Waals surface area contributed by atoms with Crippen LogP contribution in [0.1, 0.15) is 75.6 Å². The molecule has 1 aromatic rings. The van der Waals surface area contributed by atoms with Gasteiger partial charge in [0.25, 0.3) is 5.69 Å². The number of hydrogen-bond acceptors (Lipinski definition) is 5. The smallest absolute Gasteiger partial charge is 0.340 e. The summed E-state index contributed by atoms with van der Waals surface area (Å²) in [7, 11) is 0. The van der Waals surface area contributed by atoms with E-state index in [4.69, 9.17) is 4.74 Å². The molecule has 0 bridgehead atoms. The molecule has 0 saturated heterocycles. The Balaban J connectivity index is 2.48. The number of non-ortho nitro benzene ring substituents is 1. The van der Waals surface area contributed by atoms with Crippen LogP contribution in [0.25, 0.3) is 0 Å². The highest BCUT2D eigenvalue weighted by Crippen LogP contribution is 2.23. The fraction of sp³-hybridized carbons (Fsp3) is 0.632. The van der Waals surface area contributed by atoms with Gasteiger partial charge in [0, 0.05) is 18.7 Å². The number of esters is 1. The van der Waals surface area contributed by atoms with Crippen LogP contribution in [0.3, 0.4) is 0 Å². The first kappa shape index (κ1) is 20.9. The summed E-state index contributed by atoms with van der Waals surface area (Å²) < 4.78 is 5.01. The molecule has 0 atom stereocenters. The zero-order chi connectivity index (χ0) is 18.5. The number of nitro benzene ring substituents is 1. The standard InChI is InChI=1S/C19H30N2O4/c1-3-5-6-7-8-9-10-11-14-20-18-15-16(21(23)24)12-13-17(18)19(22)25-4-2/h12-13,15,20H,3-11,14H2,1-2H3. The number of hydrogen-bond donors (Lipinski definition) is 1. The van der Waals surface area contributed by atoms with Gasteiger partial charge >= 0.3 is 5.97 Å². The van der Waals surface area contributed by atoms with E-state index in [0.717, 1.165) is 12.8 Å². The number of ether oxygens (including phenoxy) is 1. The van der Waals surface area contributed by atoms with Crippen LogP contribution >= 0.6 is 0 Å². The van der Waals surface area contributed by atoms with E-state index >= 15 is 0 Å². The van der Waals surface area contributed by atoms with Crippen LogP contribution in [0, 0.1) is 10.1 Å². The van der Waals surface area contributed by atoms with E-state index in [1.807, 2.05) is 0 Å². The highest BCUT2D eigenvalue weighted by Gasteiger charge is 2.16. The Morgan fingerprint density at radius 1 is 1.08 bits per heavy atom. The minimum absolute atomic E-state index is 0.0357. The zero-order valence-electron chi connectivity index (χ0n) is 15.4. The molecule has 6 nitrogen and oxygen atoms in total. The van der Waals surface area contributed by atoms with Crippen molar-refractivity contribution < 1.29 is 14.5 Å². The zero-order valence-corrected chi connectivity index (χ0v) is 15.4. The summed E-state index contributed by atoms with van der Waals surface area (Å²) in [5, 5.41) is 14.1. The molecule has 0 saturated carbocycles. The maximum absolute atomic E-state index is 12.0. The van der Waals surface area contributed by atoms with Crippen LogP contribution in [0.2, 0.25) is 0 Å². The molecule has 6 heteroatoms. The average molecular weight is 350 g/mol. The molecule has 0 aromatic heterocycles. The number of carbonyl (C=O) groups is 1. The number of anilines is 1. The maximum atomic E-state index is 12.0. The third-order valence-electron chi connectivity index (χ3n) is 4.06. The van der Waals surface area contributed by atoms with Gasteiger partial charge in [0.05, 0.1) is 22.8 Å². The first-order valence-corrected chi connectivity index (χ1v) is 9.29. The number of nitrogens with one attached hydrogen (secondary N) is 1. The molecule has 0 aliphatic rings. The van der Waals surface area contributed by atoms with Gasteiger partial charge in [0.1, 0.15) is 0 Å². The summed E-state index contributed by atoms with van der Waals surface area (Å²) >= 11 is 0. The van der Waals surface area contributed by atoms with Crippen molar-refractivity contribution in [2.24, 2.45) is 0 Å². The predicted molar refractivity (Wildman–Crippen MR) is 100 cm³/mol. The van der Waals surface area contributed by atoms with Gasteiger partial charge in [0.15, 0.2) is 0 Å². The molecule has 0 fully saturated rings. The van der Waals surface area contributed by atoms with Crippen molar-refractivity contribution in [2.75, 3.05) is 18.5 Å². The van der Waals surface area contributed by atoms with Crippen LogP contribution in [0.4, 0.5) is 11.4 Å². The lowest BCUT2D eigenvalue weighted by atomic mass is 10.1. The molecule has 1 N–H and O–H groups in total. The van der Waals surface area contributed by atoms with Gasteiger partial charge in [-0.15, -0.1) is 0 Å². The average Bonchev–Trinajstić information content (AvgIpc) is 2.60. The Hall–Kier alpha value is -2.11. The number of benzene rings is 1. The predicted octanol–water partition coefficient (Wildman–Crippen LogP) is 5.32. The molecule has 1 aromatic carbocycles. The largest absolute Gasteiger partial charge is 0.462 e. The van der Waals surface area contributed by atoms with E-state index in [0.29, 0.717) is 17.8 Å². The normalized spacial score (nSPS) is 10.5. The summed E-state index contributed by atoms with van der Waals surface area (Å²) in [6, 6.07) is 4.18. The van der Waals surface area contributed by atoms with Gasteiger partial charge in [-0.1, -0.05) is 51.9 Å². The van der Waals surface area contributed by atoms with Gasteiger partial charge in [-0.2, -0.15) is 0 Å². The van der Waals surface area contributed by atoms with Crippen LogP contribution in [-0.4, -0.2) is 24.0 Å². The summed E-state index contributed by atoms with van der Waals surface area (Å²) in [6.45, 7) is 4.90. The number of rotatable bonds is 13. The summed E-state index contributed by atoms with van der Waals surface area (Å²) in [5.41, 5.74) is 0.772. The van der Waals surface area contributed by atoms with Gasteiger partial charge in [0.2, 0.25) is 0 Å². The maximum Gasteiger partial charge on any atom is 0.340 e. The third-order valence-corrected chi connectivity index (χ3v) is 4.06. The van der Waals surface area contributed by atoms with E-state index in [2.05, 4.69) is 12.2 Å². The summed E-state index contributed by atoms with van der Waals surface area (Å²) in [4.78, 5) is 22.5. The Morgan fingerprint density at radius 3 is 2.32 bits per heavy atom. The lowest BCUT2D eigenvalue weighted by Gasteiger charge is -2.11. The Labute approximate surface area is 150 Å². The number of carbonyl (C=O) groups excluding carboxylic acids is 1. The van der Waals surface area contributed by atoms with E-state index in [1.54, 1.807) is 6.92 Å². The second-order valence-electron chi connectivity index (χ2n) is 6.11. The van der Waals surface area contributed by atoms with Crippen molar-refractivity contribution in [3.05, 3.63) is 33.9 Å². The molecule has 0 spiro atoms. The highest BCUT2D eigenvalue weighted by molar-refractivity contribution is 5.96. The molecular weight excluding hydrogens is 320 g/mol. The molecule has 1 rings (SSSR count). The van der Waals surface area contributed by atoms with Crippen LogP contribution in [0.5, 0.6) is 0 Å². The van der Waals surface area contributed by atoms with Crippen molar-refractivity contribution in [3.63, 3.8) is 0 Å². The SMILES string of the molecule is CCCCCCCCCCNc1cc([N+](=O)[O-])ccc1C(=O)OCC. The van der Waals surface area contributed by atoms with Crippen LogP contribution in [-0.2, 0) is 4.74 Å². The quantitative estimate of drug-likeness (QED) is 0.225. The molecule has 0 radical (unpaired) electrons. The molecule has 0 amide bonds. The molecule has 0 aliphatic carbocycles. The lowest BCUT2D eigenvalue weighted by Crippen LogP contribution is -2.11. The Morgan fingerprint density at radius 2 is 1.72 bits per heavy atom. The van der Waals surface area contributed by atoms with Crippen molar-refractivity contribution in [1.82, 2.24) is 0 Å². The Kier molecular flexibility index (Phi) is 10.3. The second kappa shape index (κ2) is 12.3. The molecule has 0 heterocycles. The van der Waals surface area contributed by atoms with Crippen molar-refractivity contribution in [2.45, 2.75) is 65.2 Å². The number of unbranched alkanes of at least 4 members (excludes halogenated alkanes) is 7. The minimum atomic E-state index is -0.462. The topological polar surface area (TPSA) is 81.5 Å². The Bertz CT molecular complexity index is 546. The molecule has 0 aliphatic heterocycles. The molecule has 25 heavy (non-hydrogen) atoms. The first-order valence-electron chi connectivity index (χ1n) is 9.29. The number of nitrogens with zero attached hydrogens (tertiary/aromatic N) is 1. The van der Waals surface area contributed by atoms with Crippen molar-refractivity contribution >= 4 is 17.3 Å². The van der Waals surface area contributed by atoms with E-state index < -0.39 is 10.9 Å². The highest BCUT2D eigenvalue weighted by atomic mass is 16.6. The second-order valence-corrected chi connectivity index (χ2v) is 6.11.